The van der Waals surface area contributed by atoms with Gasteiger partial charge in [0, 0.05) is 19.1 Å². The minimum atomic E-state index is -0.513. The quantitative estimate of drug-likeness (QED) is 0.913. The second-order valence-corrected chi connectivity index (χ2v) is 7.46. The Balaban J connectivity index is 1.93. The summed E-state index contributed by atoms with van der Waals surface area (Å²) in [6.45, 7) is 6.67. The van der Waals surface area contributed by atoms with E-state index in [1.807, 2.05) is 20.8 Å². The summed E-state index contributed by atoms with van der Waals surface area (Å²) >= 11 is 5.80. The van der Waals surface area contributed by atoms with Crippen molar-refractivity contribution >= 4 is 17.7 Å². The minimum Gasteiger partial charge on any atom is -0.444 e. The molecule has 1 heterocycles. The molecule has 6 heteroatoms. The van der Waals surface area contributed by atoms with Gasteiger partial charge in [-0.3, -0.25) is 0 Å². The van der Waals surface area contributed by atoms with Gasteiger partial charge >= 0.3 is 6.09 Å². The number of benzene rings is 1. The molecular weight excluding hydrogens is 319 g/mol. The van der Waals surface area contributed by atoms with Gasteiger partial charge in [0.15, 0.2) is 0 Å². The van der Waals surface area contributed by atoms with Crippen molar-refractivity contribution in [3.63, 3.8) is 0 Å². The van der Waals surface area contributed by atoms with Crippen LogP contribution in [0.3, 0.4) is 0 Å². The molecule has 0 saturated carbocycles. The number of ether oxygens (including phenoxy) is 1. The fraction of sp³-hybridized carbons (Fsp3) is 0.588. The van der Waals surface area contributed by atoms with Crippen LogP contribution in [0, 0.1) is 11.7 Å². The lowest BCUT2D eigenvalue weighted by Crippen LogP contribution is -2.38. The summed E-state index contributed by atoms with van der Waals surface area (Å²) < 4.78 is 19.3. The first-order valence-electron chi connectivity index (χ1n) is 7.84. The standard InChI is InChI=1S/C17H24ClFN2O2/c1-17(2,3)23-16(22)21-8-7-12(10-21)14(20)9-11-5-4-6-13(18)15(11)19/h4-6,12,14H,7-10,20H2,1-3H3. The first kappa shape index (κ1) is 18.0. The molecule has 23 heavy (non-hydrogen) atoms. The van der Waals surface area contributed by atoms with E-state index in [1.165, 1.54) is 6.07 Å². The van der Waals surface area contributed by atoms with Crippen LogP contribution >= 0.6 is 11.6 Å². The van der Waals surface area contributed by atoms with Gasteiger partial charge in [-0.15, -0.1) is 0 Å². The van der Waals surface area contributed by atoms with Crippen LogP contribution in [0.2, 0.25) is 5.02 Å². The van der Waals surface area contributed by atoms with Gasteiger partial charge in [-0.1, -0.05) is 23.7 Å². The molecule has 2 N–H and O–H groups in total. The number of rotatable bonds is 3. The van der Waals surface area contributed by atoms with Gasteiger partial charge in [-0.25, -0.2) is 9.18 Å². The summed E-state index contributed by atoms with van der Waals surface area (Å²) in [6, 6.07) is 4.71. The van der Waals surface area contributed by atoms with Gasteiger partial charge in [0.2, 0.25) is 0 Å². The largest absolute Gasteiger partial charge is 0.444 e. The van der Waals surface area contributed by atoms with Crippen molar-refractivity contribution in [2.75, 3.05) is 13.1 Å². The number of halogens is 2. The van der Waals surface area contributed by atoms with Gasteiger partial charge < -0.3 is 15.4 Å². The lowest BCUT2D eigenvalue weighted by molar-refractivity contribution is 0.0286. The number of likely N-dealkylation sites (tertiary alicyclic amines) is 1. The predicted octanol–water partition coefficient (Wildman–Crippen LogP) is 3.61. The second kappa shape index (κ2) is 7.05. The predicted molar refractivity (Wildman–Crippen MR) is 89.0 cm³/mol. The Hall–Kier alpha value is -1.33. The zero-order valence-corrected chi connectivity index (χ0v) is 14.6. The smallest absolute Gasteiger partial charge is 0.410 e. The van der Waals surface area contributed by atoms with Crippen LogP contribution < -0.4 is 5.73 Å². The third-order valence-electron chi connectivity index (χ3n) is 3.97. The Morgan fingerprint density at radius 1 is 1.52 bits per heavy atom. The van der Waals surface area contributed by atoms with Gasteiger partial charge in [0.05, 0.1) is 5.02 Å². The summed E-state index contributed by atoms with van der Waals surface area (Å²) in [4.78, 5) is 13.7. The van der Waals surface area contributed by atoms with Crippen molar-refractivity contribution in [2.24, 2.45) is 11.7 Å². The molecule has 1 saturated heterocycles. The first-order valence-corrected chi connectivity index (χ1v) is 8.21. The van der Waals surface area contributed by atoms with E-state index >= 15 is 0 Å². The maximum Gasteiger partial charge on any atom is 0.410 e. The Morgan fingerprint density at radius 2 is 2.22 bits per heavy atom. The number of carbonyl (C=O) groups is 1. The Bertz CT molecular complexity index is 574. The van der Waals surface area contributed by atoms with Crippen LogP contribution in [-0.2, 0) is 11.2 Å². The molecule has 1 aromatic rings. The molecule has 0 aromatic heterocycles. The van der Waals surface area contributed by atoms with E-state index in [1.54, 1.807) is 17.0 Å². The number of nitrogens with two attached hydrogens (primary N) is 1. The van der Waals surface area contributed by atoms with E-state index < -0.39 is 11.4 Å². The molecule has 4 nitrogen and oxygen atoms in total. The molecule has 1 amide bonds. The fourth-order valence-corrected chi connectivity index (χ4v) is 2.95. The van der Waals surface area contributed by atoms with Crippen molar-refractivity contribution in [3.05, 3.63) is 34.6 Å². The molecule has 1 aromatic carbocycles. The lowest BCUT2D eigenvalue weighted by atomic mass is 9.93. The molecule has 2 rings (SSSR count). The third kappa shape index (κ3) is 4.82. The molecule has 0 aliphatic carbocycles. The van der Waals surface area contributed by atoms with Crippen molar-refractivity contribution in [2.45, 2.75) is 45.3 Å². The van der Waals surface area contributed by atoms with E-state index in [-0.39, 0.29) is 23.1 Å². The molecule has 0 spiro atoms. The third-order valence-corrected chi connectivity index (χ3v) is 4.26. The Kier molecular flexibility index (Phi) is 5.53. The highest BCUT2D eigenvalue weighted by Gasteiger charge is 2.33. The zero-order valence-electron chi connectivity index (χ0n) is 13.8. The Labute approximate surface area is 141 Å². The normalized spacial score (nSPS) is 19.7. The van der Waals surface area contributed by atoms with Crippen LogP contribution in [-0.4, -0.2) is 35.7 Å². The van der Waals surface area contributed by atoms with Crippen molar-refractivity contribution in [1.29, 1.82) is 0 Å². The molecule has 2 unspecified atom stereocenters. The first-order chi connectivity index (χ1) is 10.7. The number of hydrogen-bond acceptors (Lipinski definition) is 3. The molecule has 1 aliphatic rings. The summed E-state index contributed by atoms with van der Waals surface area (Å²) in [5.41, 5.74) is 6.23. The molecule has 0 radical (unpaired) electrons. The summed E-state index contributed by atoms with van der Waals surface area (Å²) in [5, 5.41) is 0.108. The van der Waals surface area contributed by atoms with Crippen LogP contribution in [0.4, 0.5) is 9.18 Å². The summed E-state index contributed by atoms with van der Waals surface area (Å²) in [7, 11) is 0. The zero-order chi connectivity index (χ0) is 17.2. The van der Waals surface area contributed by atoms with E-state index in [0.29, 0.717) is 25.1 Å². The van der Waals surface area contributed by atoms with Gasteiger partial charge in [-0.05, 0) is 51.2 Å². The topological polar surface area (TPSA) is 55.6 Å². The number of hydrogen-bond donors (Lipinski definition) is 1. The SMILES string of the molecule is CC(C)(C)OC(=O)N1CCC(C(N)Cc2cccc(Cl)c2F)C1. The molecule has 0 bridgehead atoms. The van der Waals surface area contributed by atoms with Crippen LogP contribution in [0.15, 0.2) is 18.2 Å². The maximum absolute atomic E-state index is 14.0. The lowest BCUT2D eigenvalue weighted by Gasteiger charge is -2.25. The summed E-state index contributed by atoms with van der Waals surface area (Å²) in [5.74, 6) is -0.285. The number of nitrogens with zero attached hydrogens (tertiary/aromatic N) is 1. The van der Waals surface area contributed by atoms with Crippen molar-refractivity contribution < 1.29 is 13.9 Å². The van der Waals surface area contributed by atoms with Gasteiger partial charge in [0.1, 0.15) is 11.4 Å². The average Bonchev–Trinajstić information content (AvgIpc) is 2.92. The van der Waals surface area contributed by atoms with Crippen LogP contribution in [0.5, 0.6) is 0 Å². The van der Waals surface area contributed by atoms with Gasteiger partial charge in [0.25, 0.3) is 0 Å². The highest BCUT2D eigenvalue weighted by Crippen LogP contribution is 2.25. The Morgan fingerprint density at radius 3 is 2.87 bits per heavy atom. The summed E-state index contributed by atoms with van der Waals surface area (Å²) in [6.07, 6.45) is 0.878. The van der Waals surface area contributed by atoms with E-state index in [0.717, 1.165) is 6.42 Å². The number of amides is 1. The molecule has 1 fully saturated rings. The minimum absolute atomic E-state index is 0.108. The highest BCUT2D eigenvalue weighted by molar-refractivity contribution is 6.30. The van der Waals surface area contributed by atoms with E-state index in [9.17, 15) is 9.18 Å². The maximum atomic E-state index is 14.0. The van der Waals surface area contributed by atoms with Crippen LogP contribution in [0.25, 0.3) is 0 Å². The van der Waals surface area contributed by atoms with Crippen molar-refractivity contribution in [1.82, 2.24) is 4.90 Å². The molecular formula is C17H24ClFN2O2. The second-order valence-electron chi connectivity index (χ2n) is 7.06. The monoisotopic (exact) mass is 342 g/mol. The average molecular weight is 343 g/mol. The fourth-order valence-electron chi connectivity index (χ4n) is 2.76. The van der Waals surface area contributed by atoms with E-state index in [4.69, 9.17) is 22.1 Å². The van der Waals surface area contributed by atoms with E-state index in [2.05, 4.69) is 0 Å². The molecule has 1 aliphatic heterocycles. The molecule has 2 atom stereocenters. The van der Waals surface area contributed by atoms with Crippen molar-refractivity contribution in [3.8, 4) is 0 Å². The number of carbonyl (C=O) groups excluding carboxylic acids is 1. The van der Waals surface area contributed by atoms with Gasteiger partial charge in [-0.2, -0.15) is 0 Å². The van der Waals surface area contributed by atoms with Crippen LogP contribution in [0.1, 0.15) is 32.8 Å². The molecule has 128 valence electrons. The highest BCUT2D eigenvalue weighted by atomic mass is 35.5.